The van der Waals surface area contributed by atoms with Crippen LogP contribution in [-0.4, -0.2) is 46.2 Å². The van der Waals surface area contributed by atoms with Crippen LogP contribution < -0.4 is 4.90 Å². The first kappa shape index (κ1) is 15.2. The summed E-state index contributed by atoms with van der Waals surface area (Å²) < 4.78 is 0. The van der Waals surface area contributed by atoms with Gasteiger partial charge in [-0.2, -0.15) is 0 Å². The molecule has 2 amide bonds. The molecule has 2 atom stereocenters. The molecule has 21 heavy (non-hydrogen) atoms. The van der Waals surface area contributed by atoms with Gasteiger partial charge >= 0.3 is 12.0 Å². The fourth-order valence-corrected chi connectivity index (χ4v) is 2.76. The second-order valence-corrected chi connectivity index (χ2v) is 5.62. The van der Waals surface area contributed by atoms with Crippen molar-refractivity contribution in [3.8, 4) is 5.75 Å². The molecular weight excluding hydrogens is 272 g/mol. The zero-order chi connectivity index (χ0) is 15.6. The van der Waals surface area contributed by atoms with Gasteiger partial charge in [0.05, 0.1) is 0 Å². The van der Waals surface area contributed by atoms with Crippen LogP contribution in [-0.2, 0) is 4.79 Å². The average Bonchev–Trinajstić information content (AvgIpc) is 2.75. The Bertz CT molecular complexity index is 529. The number of carboxylic acid groups (broad SMARTS) is 1. The molecule has 0 bridgehead atoms. The number of urea groups is 1. The molecule has 6 nitrogen and oxygen atoms in total. The third kappa shape index (κ3) is 3.45. The summed E-state index contributed by atoms with van der Waals surface area (Å²) in [6, 6.07) is 5.75. The van der Waals surface area contributed by atoms with Crippen LogP contribution >= 0.6 is 0 Å². The van der Waals surface area contributed by atoms with Crippen molar-refractivity contribution in [3.63, 3.8) is 0 Å². The van der Waals surface area contributed by atoms with E-state index in [0.717, 1.165) is 6.42 Å². The number of carbonyl (C=O) groups excluding carboxylic acids is 1. The third-order valence-corrected chi connectivity index (χ3v) is 3.72. The number of likely N-dealkylation sites (tertiary alicyclic amines) is 1. The van der Waals surface area contributed by atoms with Gasteiger partial charge in [-0.25, -0.2) is 4.79 Å². The van der Waals surface area contributed by atoms with Crippen LogP contribution in [0.5, 0.6) is 5.75 Å². The normalized spacial score (nSPS) is 21.3. The predicted octanol–water partition coefficient (Wildman–Crippen LogP) is 2.13. The molecule has 1 saturated heterocycles. The highest BCUT2D eigenvalue weighted by Crippen LogP contribution is 2.26. The molecule has 114 valence electrons. The maximum absolute atomic E-state index is 12.6. The van der Waals surface area contributed by atoms with E-state index in [4.69, 9.17) is 5.11 Å². The number of carbonyl (C=O) groups is 2. The molecule has 0 spiro atoms. The van der Waals surface area contributed by atoms with Crippen LogP contribution in [0.2, 0.25) is 0 Å². The SMILES string of the molecule is CC1CC(C)N(C(=O)N(CC(=O)O)c2ccc(O)cc2)C1. The van der Waals surface area contributed by atoms with Gasteiger partial charge in [0.1, 0.15) is 12.3 Å². The van der Waals surface area contributed by atoms with E-state index < -0.39 is 12.5 Å². The van der Waals surface area contributed by atoms with Crippen LogP contribution in [0.4, 0.5) is 10.5 Å². The Morgan fingerprint density at radius 1 is 1.29 bits per heavy atom. The summed E-state index contributed by atoms with van der Waals surface area (Å²) in [5.41, 5.74) is 0.465. The molecule has 2 N–H and O–H groups in total. The smallest absolute Gasteiger partial charge is 0.325 e. The van der Waals surface area contributed by atoms with Gasteiger partial charge in [0.15, 0.2) is 0 Å². The summed E-state index contributed by atoms with van der Waals surface area (Å²) in [5.74, 6) is -0.587. The van der Waals surface area contributed by atoms with Crippen LogP contribution in [0.1, 0.15) is 20.3 Å². The first-order valence-electron chi connectivity index (χ1n) is 6.97. The van der Waals surface area contributed by atoms with E-state index in [1.165, 1.54) is 17.0 Å². The van der Waals surface area contributed by atoms with Crippen molar-refractivity contribution in [2.45, 2.75) is 26.3 Å². The van der Waals surface area contributed by atoms with Crippen molar-refractivity contribution in [1.29, 1.82) is 0 Å². The second kappa shape index (κ2) is 6.03. The topological polar surface area (TPSA) is 81.1 Å². The molecule has 1 aromatic carbocycles. The molecule has 1 aliphatic heterocycles. The molecule has 1 fully saturated rings. The predicted molar refractivity (Wildman–Crippen MR) is 78.4 cm³/mol. The van der Waals surface area contributed by atoms with Crippen LogP contribution in [0.25, 0.3) is 0 Å². The van der Waals surface area contributed by atoms with E-state index in [2.05, 4.69) is 6.92 Å². The number of hydrogen-bond acceptors (Lipinski definition) is 3. The van der Waals surface area contributed by atoms with Gasteiger partial charge in [-0.15, -0.1) is 0 Å². The largest absolute Gasteiger partial charge is 0.508 e. The Kier molecular flexibility index (Phi) is 4.35. The third-order valence-electron chi connectivity index (χ3n) is 3.72. The molecule has 6 heteroatoms. The molecule has 1 heterocycles. The summed E-state index contributed by atoms with van der Waals surface area (Å²) >= 11 is 0. The Labute approximate surface area is 123 Å². The van der Waals surface area contributed by atoms with Gasteiger partial charge in [-0.3, -0.25) is 9.69 Å². The minimum absolute atomic E-state index is 0.0737. The van der Waals surface area contributed by atoms with E-state index in [9.17, 15) is 14.7 Å². The number of nitrogens with zero attached hydrogens (tertiary/aromatic N) is 2. The van der Waals surface area contributed by atoms with E-state index in [-0.39, 0.29) is 17.8 Å². The van der Waals surface area contributed by atoms with Crippen molar-refractivity contribution in [1.82, 2.24) is 4.90 Å². The highest BCUT2D eigenvalue weighted by atomic mass is 16.4. The summed E-state index contributed by atoms with van der Waals surface area (Å²) in [6.45, 7) is 4.28. The number of hydrogen-bond donors (Lipinski definition) is 2. The van der Waals surface area contributed by atoms with Gasteiger partial charge in [-0.1, -0.05) is 6.92 Å². The van der Waals surface area contributed by atoms with E-state index in [1.807, 2.05) is 6.92 Å². The zero-order valence-electron chi connectivity index (χ0n) is 12.2. The number of phenolic OH excluding ortho intramolecular Hbond substituents is 1. The summed E-state index contributed by atoms with van der Waals surface area (Å²) in [5, 5.41) is 18.4. The molecule has 2 unspecified atom stereocenters. The highest BCUT2D eigenvalue weighted by Gasteiger charge is 2.33. The summed E-state index contributed by atoms with van der Waals surface area (Å²) in [6.07, 6.45) is 0.919. The quantitative estimate of drug-likeness (QED) is 0.894. The summed E-state index contributed by atoms with van der Waals surface area (Å²) in [4.78, 5) is 26.6. The molecule has 1 aromatic rings. The molecule has 1 aliphatic rings. The van der Waals surface area contributed by atoms with Gasteiger partial charge < -0.3 is 15.1 Å². The molecular formula is C15H20N2O4. The van der Waals surface area contributed by atoms with Gasteiger partial charge in [-0.05, 0) is 43.5 Å². The van der Waals surface area contributed by atoms with E-state index >= 15 is 0 Å². The van der Waals surface area contributed by atoms with Crippen molar-refractivity contribution >= 4 is 17.7 Å². The zero-order valence-corrected chi connectivity index (χ0v) is 12.2. The van der Waals surface area contributed by atoms with Crippen molar-refractivity contribution in [3.05, 3.63) is 24.3 Å². The first-order valence-corrected chi connectivity index (χ1v) is 6.97. The van der Waals surface area contributed by atoms with Gasteiger partial charge in [0, 0.05) is 18.3 Å². The van der Waals surface area contributed by atoms with E-state index in [0.29, 0.717) is 18.2 Å². The van der Waals surface area contributed by atoms with Crippen LogP contribution in [0.3, 0.4) is 0 Å². The molecule has 0 aliphatic carbocycles. The van der Waals surface area contributed by atoms with E-state index in [1.54, 1.807) is 17.0 Å². The lowest BCUT2D eigenvalue weighted by Crippen LogP contribution is -2.47. The molecule has 0 radical (unpaired) electrons. The second-order valence-electron chi connectivity index (χ2n) is 5.62. The number of amides is 2. The number of anilines is 1. The molecule has 2 rings (SSSR count). The maximum atomic E-state index is 12.6. The van der Waals surface area contributed by atoms with Gasteiger partial charge in [0.2, 0.25) is 0 Å². The first-order chi connectivity index (χ1) is 9.88. The Morgan fingerprint density at radius 3 is 2.38 bits per heavy atom. The standard InChI is InChI=1S/C15H20N2O4/c1-10-7-11(2)16(8-10)15(21)17(9-14(19)20)12-3-5-13(18)6-4-12/h3-6,10-11,18H,7-9H2,1-2H3,(H,19,20). The lowest BCUT2D eigenvalue weighted by molar-refractivity contribution is -0.135. The Morgan fingerprint density at radius 2 is 1.90 bits per heavy atom. The lowest BCUT2D eigenvalue weighted by atomic mass is 10.1. The van der Waals surface area contributed by atoms with Gasteiger partial charge in [0.25, 0.3) is 0 Å². The number of phenols is 1. The number of carboxylic acids is 1. The van der Waals surface area contributed by atoms with Crippen molar-refractivity contribution in [2.24, 2.45) is 5.92 Å². The fourth-order valence-electron chi connectivity index (χ4n) is 2.76. The number of benzene rings is 1. The monoisotopic (exact) mass is 292 g/mol. The number of aromatic hydroxyl groups is 1. The Hall–Kier alpha value is -2.24. The van der Waals surface area contributed by atoms with Crippen molar-refractivity contribution in [2.75, 3.05) is 18.0 Å². The number of rotatable bonds is 3. The highest BCUT2D eigenvalue weighted by molar-refractivity contribution is 5.96. The minimum atomic E-state index is -1.07. The molecule has 0 aromatic heterocycles. The van der Waals surface area contributed by atoms with Crippen LogP contribution in [0.15, 0.2) is 24.3 Å². The minimum Gasteiger partial charge on any atom is -0.508 e. The fraction of sp³-hybridized carbons (Fsp3) is 0.467. The average molecular weight is 292 g/mol. The summed E-state index contributed by atoms with van der Waals surface area (Å²) in [7, 11) is 0. The lowest BCUT2D eigenvalue weighted by Gasteiger charge is -2.29. The molecule has 0 saturated carbocycles. The maximum Gasteiger partial charge on any atom is 0.325 e. The van der Waals surface area contributed by atoms with Crippen LogP contribution in [0, 0.1) is 5.92 Å². The Balaban J connectivity index is 2.25. The van der Waals surface area contributed by atoms with Crippen molar-refractivity contribution < 1.29 is 19.8 Å². The number of aliphatic carboxylic acids is 1.